The number of carboxylic acid groups (broad SMARTS) is 1. The second-order valence-corrected chi connectivity index (χ2v) is 8.05. The van der Waals surface area contributed by atoms with Crippen LogP contribution in [0.5, 0.6) is 23.3 Å². The minimum atomic E-state index is -0.797. The first-order chi connectivity index (χ1) is 18.4. The third-order valence-corrected chi connectivity index (χ3v) is 5.38. The number of methoxy groups -OCH3 is 2. The molecule has 0 aliphatic carbocycles. The van der Waals surface area contributed by atoms with Gasteiger partial charge in [-0.25, -0.2) is 14.8 Å². The molecule has 0 aliphatic heterocycles. The van der Waals surface area contributed by atoms with Crippen LogP contribution in [0.25, 0.3) is 5.57 Å². The molecule has 3 aromatic rings. The molecule has 0 aliphatic rings. The van der Waals surface area contributed by atoms with Crippen molar-refractivity contribution < 1.29 is 33.6 Å². The van der Waals surface area contributed by atoms with E-state index in [2.05, 4.69) is 16.0 Å². The van der Waals surface area contributed by atoms with Gasteiger partial charge in [-0.2, -0.15) is 5.26 Å². The number of para-hydroxylation sites is 1. The predicted octanol–water partition coefficient (Wildman–Crippen LogP) is 5.28. The van der Waals surface area contributed by atoms with E-state index < -0.39 is 11.9 Å². The van der Waals surface area contributed by atoms with Gasteiger partial charge in [0.2, 0.25) is 11.8 Å². The Hall–Kier alpha value is -4.91. The van der Waals surface area contributed by atoms with Crippen LogP contribution in [-0.2, 0) is 25.5 Å². The maximum atomic E-state index is 12.2. The number of hydrogen-bond donors (Lipinski definition) is 1. The van der Waals surface area contributed by atoms with Gasteiger partial charge in [-0.3, -0.25) is 4.79 Å². The van der Waals surface area contributed by atoms with Crippen LogP contribution >= 0.6 is 0 Å². The van der Waals surface area contributed by atoms with E-state index in [1.54, 1.807) is 36.4 Å². The number of nitriles is 1. The molecule has 0 saturated carbocycles. The molecular formula is C28H27N3O7. The number of rotatable bonds is 13. The van der Waals surface area contributed by atoms with Crippen molar-refractivity contribution in [3.05, 3.63) is 77.8 Å². The summed E-state index contributed by atoms with van der Waals surface area (Å²) in [7, 11) is 2.69. The summed E-state index contributed by atoms with van der Waals surface area (Å²) in [5.74, 6) is -0.428. The monoisotopic (exact) mass is 517 g/mol. The van der Waals surface area contributed by atoms with Gasteiger partial charge in [-0.1, -0.05) is 30.7 Å². The molecule has 0 atom stereocenters. The Morgan fingerprint density at radius 3 is 2.39 bits per heavy atom. The fourth-order valence-electron chi connectivity index (χ4n) is 3.58. The highest BCUT2D eigenvalue weighted by molar-refractivity contribution is 6.17. The van der Waals surface area contributed by atoms with Gasteiger partial charge in [0.1, 0.15) is 29.5 Å². The van der Waals surface area contributed by atoms with Crippen molar-refractivity contribution in [2.24, 2.45) is 0 Å². The number of aliphatic carboxylic acids is 1. The Morgan fingerprint density at radius 1 is 0.974 bits per heavy atom. The van der Waals surface area contributed by atoms with Crippen molar-refractivity contribution in [3.63, 3.8) is 0 Å². The number of hydrogen-bond acceptors (Lipinski definition) is 9. The standard InChI is InChI=1S/C28H27N3O7/c1-35-17-22(28(34)36-2)21-9-6-7-10-24(21)38-26-15-25(30-18-31-26)37-23-13-12-19(14-20(23)16-29)8-4-3-5-11-27(32)33/h6-7,9-10,12-15,17-18H,3-5,8,11H2,1-2H3,(H,32,33)/b22-17+. The number of aryl methyl sites for hydroxylation is 1. The molecule has 1 heterocycles. The number of nitrogens with zero attached hydrogens (tertiary/aromatic N) is 3. The number of carbonyl (C=O) groups excluding carboxylic acids is 1. The molecule has 0 bridgehead atoms. The summed E-state index contributed by atoms with van der Waals surface area (Å²) in [6, 6.07) is 15.7. The number of benzene rings is 2. The maximum absolute atomic E-state index is 12.2. The fourth-order valence-corrected chi connectivity index (χ4v) is 3.58. The Bertz CT molecular complexity index is 1350. The first-order valence-corrected chi connectivity index (χ1v) is 11.8. The van der Waals surface area contributed by atoms with E-state index in [1.807, 2.05) is 6.07 Å². The molecule has 0 radical (unpaired) electrons. The summed E-state index contributed by atoms with van der Waals surface area (Å²) in [4.78, 5) is 31.1. The molecule has 0 fully saturated rings. The molecule has 0 unspecified atom stereocenters. The summed E-state index contributed by atoms with van der Waals surface area (Å²) < 4.78 is 21.7. The molecule has 1 aromatic heterocycles. The first kappa shape index (κ1) is 27.7. The topological polar surface area (TPSA) is 141 Å². The molecule has 0 amide bonds. The number of carboxylic acids is 1. The molecule has 1 N–H and O–H groups in total. The van der Waals surface area contributed by atoms with E-state index in [9.17, 15) is 14.9 Å². The average Bonchev–Trinajstić information content (AvgIpc) is 2.92. The molecule has 10 heteroatoms. The normalized spacial score (nSPS) is 10.8. The number of carbonyl (C=O) groups is 2. The summed E-state index contributed by atoms with van der Waals surface area (Å²) in [6.07, 6.45) is 5.65. The lowest BCUT2D eigenvalue weighted by molar-refractivity contribution is -0.137. The number of esters is 1. The molecule has 196 valence electrons. The Kier molecular flexibility index (Phi) is 10.2. The minimum absolute atomic E-state index is 0.153. The molecule has 0 spiro atoms. The van der Waals surface area contributed by atoms with Crippen molar-refractivity contribution in [3.8, 4) is 29.3 Å². The average molecular weight is 518 g/mol. The second kappa shape index (κ2) is 14.0. The van der Waals surface area contributed by atoms with Crippen molar-refractivity contribution in [1.29, 1.82) is 5.26 Å². The van der Waals surface area contributed by atoms with E-state index in [0.717, 1.165) is 24.8 Å². The highest BCUT2D eigenvalue weighted by atomic mass is 16.5. The summed E-state index contributed by atoms with van der Waals surface area (Å²) >= 11 is 0. The van der Waals surface area contributed by atoms with Crippen molar-refractivity contribution in [2.45, 2.75) is 32.1 Å². The highest BCUT2D eigenvalue weighted by Gasteiger charge is 2.18. The first-order valence-electron chi connectivity index (χ1n) is 11.8. The predicted molar refractivity (Wildman–Crippen MR) is 137 cm³/mol. The zero-order chi connectivity index (χ0) is 27.3. The molecular weight excluding hydrogens is 490 g/mol. The van der Waals surface area contributed by atoms with Crippen LogP contribution in [0.15, 0.2) is 61.1 Å². The van der Waals surface area contributed by atoms with E-state index in [0.29, 0.717) is 29.0 Å². The molecule has 10 nitrogen and oxygen atoms in total. The largest absolute Gasteiger partial charge is 0.503 e. The zero-order valence-corrected chi connectivity index (χ0v) is 21.0. The Morgan fingerprint density at radius 2 is 1.71 bits per heavy atom. The van der Waals surface area contributed by atoms with Gasteiger partial charge in [-0.15, -0.1) is 0 Å². The quantitative estimate of drug-likeness (QED) is 0.138. The SMILES string of the molecule is CO/C=C(/C(=O)OC)c1ccccc1Oc1cc(Oc2ccc(CCCCCC(=O)O)cc2C#N)ncn1. The van der Waals surface area contributed by atoms with E-state index >= 15 is 0 Å². The molecule has 0 saturated heterocycles. The summed E-state index contributed by atoms with van der Waals surface area (Å²) in [6.45, 7) is 0. The highest BCUT2D eigenvalue weighted by Crippen LogP contribution is 2.32. The van der Waals surface area contributed by atoms with Crippen LogP contribution in [0.3, 0.4) is 0 Å². The van der Waals surface area contributed by atoms with E-state index in [1.165, 1.54) is 32.9 Å². The van der Waals surface area contributed by atoms with Gasteiger partial charge in [0.15, 0.2) is 0 Å². The summed E-state index contributed by atoms with van der Waals surface area (Å²) in [5, 5.41) is 18.4. The zero-order valence-electron chi connectivity index (χ0n) is 21.0. The second-order valence-electron chi connectivity index (χ2n) is 8.05. The van der Waals surface area contributed by atoms with Gasteiger partial charge in [0.25, 0.3) is 0 Å². The number of aromatic nitrogens is 2. The van der Waals surface area contributed by atoms with Gasteiger partial charge in [0.05, 0.1) is 32.1 Å². The lowest BCUT2D eigenvalue weighted by atomic mass is 10.0. The van der Waals surface area contributed by atoms with Crippen molar-refractivity contribution in [1.82, 2.24) is 9.97 Å². The molecule has 38 heavy (non-hydrogen) atoms. The third kappa shape index (κ3) is 7.80. The van der Waals surface area contributed by atoms with Crippen LogP contribution in [0, 0.1) is 11.3 Å². The number of unbranched alkanes of at least 4 members (excludes halogenated alkanes) is 2. The van der Waals surface area contributed by atoms with Crippen LogP contribution < -0.4 is 9.47 Å². The van der Waals surface area contributed by atoms with Gasteiger partial charge >= 0.3 is 11.9 Å². The molecule has 3 rings (SSSR count). The van der Waals surface area contributed by atoms with Crippen LogP contribution in [0.1, 0.15) is 42.4 Å². The van der Waals surface area contributed by atoms with E-state index in [-0.39, 0.29) is 23.8 Å². The van der Waals surface area contributed by atoms with Gasteiger partial charge < -0.3 is 24.1 Å². The number of ether oxygens (including phenoxy) is 4. The summed E-state index contributed by atoms with van der Waals surface area (Å²) in [5.41, 5.74) is 1.90. The van der Waals surface area contributed by atoms with Crippen LogP contribution in [0.4, 0.5) is 0 Å². The Labute approximate surface area is 220 Å². The molecule has 2 aromatic carbocycles. The third-order valence-electron chi connectivity index (χ3n) is 5.38. The lowest BCUT2D eigenvalue weighted by Crippen LogP contribution is -2.06. The van der Waals surface area contributed by atoms with Gasteiger partial charge in [-0.05, 0) is 43.0 Å². The van der Waals surface area contributed by atoms with Crippen LogP contribution in [-0.4, -0.2) is 41.2 Å². The van der Waals surface area contributed by atoms with E-state index in [4.69, 9.17) is 24.1 Å². The lowest BCUT2D eigenvalue weighted by Gasteiger charge is -2.13. The fraction of sp³-hybridized carbons (Fsp3) is 0.250. The minimum Gasteiger partial charge on any atom is -0.503 e. The maximum Gasteiger partial charge on any atom is 0.341 e. The van der Waals surface area contributed by atoms with Crippen LogP contribution in [0.2, 0.25) is 0 Å². The Balaban J connectivity index is 1.74. The smallest absolute Gasteiger partial charge is 0.341 e. The van der Waals surface area contributed by atoms with Crippen molar-refractivity contribution >= 4 is 17.5 Å². The van der Waals surface area contributed by atoms with Gasteiger partial charge in [0, 0.05) is 12.0 Å². The van der Waals surface area contributed by atoms with Crippen molar-refractivity contribution in [2.75, 3.05) is 14.2 Å².